The van der Waals surface area contributed by atoms with Crippen LogP contribution in [0.5, 0.6) is 11.5 Å². The first-order valence-corrected chi connectivity index (χ1v) is 7.21. The van der Waals surface area contributed by atoms with Gasteiger partial charge in [0, 0.05) is 11.9 Å². The average Bonchev–Trinajstić information content (AvgIpc) is 2.77. The molecule has 2 rings (SSSR count). The summed E-state index contributed by atoms with van der Waals surface area (Å²) in [4.78, 5) is 0. The molecule has 0 atom stereocenters. The van der Waals surface area contributed by atoms with Crippen molar-refractivity contribution in [2.45, 2.75) is 32.1 Å². The lowest BCUT2D eigenvalue weighted by atomic mass is 10.1. The number of hydrogen-bond donors (Lipinski definition) is 0. The van der Waals surface area contributed by atoms with Crippen LogP contribution in [0.15, 0.2) is 30.6 Å². The number of ether oxygens (including phenoxy) is 1. The summed E-state index contributed by atoms with van der Waals surface area (Å²) in [6.07, 6.45) is 4.75. The van der Waals surface area contributed by atoms with Gasteiger partial charge in [-0.25, -0.2) is 0 Å². The van der Waals surface area contributed by atoms with Gasteiger partial charge in [0.15, 0.2) is 5.75 Å². The van der Waals surface area contributed by atoms with Crippen molar-refractivity contribution in [1.29, 1.82) is 0 Å². The molecule has 2 aromatic rings. The number of aryl methyl sites for hydroxylation is 2. The summed E-state index contributed by atoms with van der Waals surface area (Å²) < 4.78 is 7.68. The van der Waals surface area contributed by atoms with E-state index in [2.05, 4.69) is 40.9 Å². The maximum absolute atomic E-state index is 5.79. The van der Waals surface area contributed by atoms with E-state index >= 15 is 0 Å². The third-order valence-electron chi connectivity index (χ3n) is 2.76. The minimum Gasteiger partial charge on any atom is -0.454 e. The van der Waals surface area contributed by atoms with E-state index in [1.165, 1.54) is 11.1 Å². The molecule has 1 aromatic carbocycles. The third kappa shape index (κ3) is 3.13. The molecule has 0 unspecified atom stereocenters. The number of benzene rings is 1. The first-order chi connectivity index (χ1) is 8.72. The normalized spacial score (nSPS) is 10.6. The summed E-state index contributed by atoms with van der Waals surface area (Å²) in [5.74, 6) is 1.64. The zero-order valence-electron chi connectivity index (χ0n) is 10.7. The van der Waals surface area contributed by atoms with Crippen LogP contribution in [0.1, 0.15) is 24.5 Å². The van der Waals surface area contributed by atoms with E-state index in [-0.39, 0.29) is 0 Å². The fourth-order valence-corrected chi connectivity index (χ4v) is 2.40. The molecule has 3 nitrogen and oxygen atoms in total. The largest absolute Gasteiger partial charge is 0.454 e. The van der Waals surface area contributed by atoms with E-state index < -0.39 is 0 Å². The van der Waals surface area contributed by atoms with Crippen LogP contribution in [0.25, 0.3) is 0 Å². The van der Waals surface area contributed by atoms with Crippen molar-refractivity contribution in [1.82, 2.24) is 9.78 Å². The summed E-state index contributed by atoms with van der Waals surface area (Å²) in [6.45, 7) is 5.14. The van der Waals surface area contributed by atoms with Crippen LogP contribution in [0, 0.1) is 6.92 Å². The van der Waals surface area contributed by atoms with Crippen molar-refractivity contribution in [3.8, 4) is 11.5 Å². The van der Waals surface area contributed by atoms with Gasteiger partial charge >= 0.3 is 0 Å². The van der Waals surface area contributed by atoms with Gasteiger partial charge in [0.2, 0.25) is 0 Å². The lowest BCUT2D eigenvalue weighted by Gasteiger charge is -2.06. The van der Waals surface area contributed by atoms with Crippen LogP contribution in [0.3, 0.4) is 0 Å². The molecule has 0 aliphatic carbocycles. The van der Waals surface area contributed by atoms with Crippen LogP contribution in [-0.4, -0.2) is 9.78 Å². The summed E-state index contributed by atoms with van der Waals surface area (Å²) >= 11 is 3.47. The summed E-state index contributed by atoms with van der Waals surface area (Å²) in [6, 6.07) is 6.12. The van der Waals surface area contributed by atoms with Gasteiger partial charge in [-0.3, -0.25) is 4.68 Å². The standard InChI is InChI=1S/C14H17BrN2O/c1-3-6-17-10-14(9-16-17)18-13-5-4-12(8-15)11(2)7-13/h4-5,7,9-10H,3,6,8H2,1-2H3. The van der Waals surface area contributed by atoms with Crippen LogP contribution in [-0.2, 0) is 11.9 Å². The monoisotopic (exact) mass is 308 g/mol. The molecule has 4 heteroatoms. The van der Waals surface area contributed by atoms with E-state index in [4.69, 9.17) is 4.74 Å². The molecular weight excluding hydrogens is 292 g/mol. The zero-order chi connectivity index (χ0) is 13.0. The van der Waals surface area contributed by atoms with Gasteiger partial charge in [0.05, 0.1) is 12.4 Å². The molecular formula is C14H17BrN2O. The van der Waals surface area contributed by atoms with Crippen molar-refractivity contribution >= 4 is 15.9 Å². The molecule has 96 valence electrons. The minimum absolute atomic E-state index is 0.787. The Morgan fingerprint density at radius 2 is 2.17 bits per heavy atom. The van der Waals surface area contributed by atoms with E-state index in [1.807, 2.05) is 23.0 Å². The molecule has 0 radical (unpaired) electrons. The van der Waals surface area contributed by atoms with Gasteiger partial charge < -0.3 is 4.74 Å². The molecule has 0 spiro atoms. The topological polar surface area (TPSA) is 27.1 Å². The Hall–Kier alpha value is -1.29. The highest BCUT2D eigenvalue weighted by Crippen LogP contribution is 2.24. The predicted molar refractivity (Wildman–Crippen MR) is 76.4 cm³/mol. The molecule has 1 heterocycles. The number of rotatable bonds is 5. The predicted octanol–water partition coefficient (Wildman–Crippen LogP) is 4.29. The van der Waals surface area contributed by atoms with Crippen LogP contribution in [0.2, 0.25) is 0 Å². The molecule has 18 heavy (non-hydrogen) atoms. The van der Waals surface area contributed by atoms with Crippen LogP contribution in [0.4, 0.5) is 0 Å². The van der Waals surface area contributed by atoms with Gasteiger partial charge in [-0.05, 0) is 36.6 Å². The first kappa shape index (κ1) is 13.1. The second-order valence-corrected chi connectivity index (χ2v) is 4.82. The second kappa shape index (κ2) is 6.05. The summed E-state index contributed by atoms with van der Waals surface area (Å²) in [7, 11) is 0. The Bertz CT molecular complexity index is 522. The Morgan fingerprint density at radius 1 is 1.33 bits per heavy atom. The fraction of sp³-hybridized carbons (Fsp3) is 0.357. The van der Waals surface area contributed by atoms with Crippen molar-refractivity contribution in [3.05, 3.63) is 41.7 Å². The van der Waals surface area contributed by atoms with Gasteiger partial charge in [-0.15, -0.1) is 0 Å². The second-order valence-electron chi connectivity index (χ2n) is 4.26. The highest BCUT2D eigenvalue weighted by molar-refractivity contribution is 9.08. The minimum atomic E-state index is 0.787. The van der Waals surface area contributed by atoms with E-state index in [0.29, 0.717) is 0 Å². The molecule has 0 fully saturated rings. The number of aromatic nitrogens is 2. The SMILES string of the molecule is CCCn1cc(Oc2ccc(CBr)c(C)c2)cn1. The van der Waals surface area contributed by atoms with Gasteiger partial charge in [-0.1, -0.05) is 28.9 Å². The Morgan fingerprint density at radius 3 is 2.83 bits per heavy atom. The maximum Gasteiger partial charge on any atom is 0.165 e. The fourth-order valence-electron chi connectivity index (χ4n) is 1.77. The zero-order valence-corrected chi connectivity index (χ0v) is 12.3. The number of hydrogen-bond acceptors (Lipinski definition) is 2. The molecule has 0 N–H and O–H groups in total. The summed E-state index contributed by atoms with van der Waals surface area (Å²) in [5, 5.41) is 5.11. The molecule has 0 saturated heterocycles. The Labute approximate surface area is 116 Å². The Kier molecular flexibility index (Phi) is 4.42. The lowest BCUT2D eigenvalue weighted by Crippen LogP contribution is -1.95. The van der Waals surface area contributed by atoms with Crippen molar-refractivity contribution in [2.75, 3.05) is 0 Å². The van der Waals surface area contributed by atoms with Crippen molar-refractivity contribution in [2.24, 2.45) is 0 Å². The number of alkyl halides is 1. The van der Waals surface area contributed by atoms with Gasteiger partial charge in [0.25, 0.3) is 0 Å². The molecule has 0 bridgehead atoms. The van der Waals surface area contributed by atoms with E-state index in [0.717, 1.165) is 29.8 Å². The van der Waals surface area contributed by atoms with E-state index in [1.54, 1.807) is 6.20 Å². The molecule has 1 aromatic heterocycles. The number of halogens is 1. The quantitative estimate of drug-likeness (QED) is 0.770. The first-order valence-electron chi connectivity index (χ1n) is 6.08. The Balaban J connectivity index is 2.10. The lowest BCUT2D eigenvalue weighted by molar-refractivity contribution is 0.480. The highest BCUT2D eigenvalue weighted by Gasteiger charge is 2.03. The van der Waals surface area contributed by atoms with Gasteiger partial charge in [-0.2, -0.15) is 5.10 Å². The average molecular weight is 309 g/mol. The molecule has 0 amide bonds. The number of nitrogens with zero attached hydrogens (tertiary/aromatic N) is 2. The van der Waals surface area contributed by atoms with Crippen LogP contribution < -0.4 is 4.74 Å². The van der Waals surface area contributed by atoms with E-state index in [9.17, 15) is 0 Å². The smallest absolute Gasteiger partial charge is 0.165 e. The highest BCUT2D eigenvalue weighted by atomic mass is 79.9. The molecule has 0 saturated carbocycles. The van der Waals surface area contributed by atoms with Crippen LogP contribution >= 0.6 is 15.9 Å². The van der Waals surface area contributed by atoms with Crippen molar-refractivity contribution in [3.63, 3.8) is 0 Å². The summed E-state index contributed by atoms with van der Waals surface area (Å²) in [5.41, 5.74) is 2.51. The maximum atomic E-state index is 5.79. The third-order valence-corrected chi connectivity index (χ3v) is 3.36. The molecule has 0 aliphatic rings. The van der Waals surface area contributed by atoms with Gasteiger partial charge in [0.1, 0.15) is 5.75 Å². The van der Waals surface area contributed by atoms with Crippen molar-refractivity contribution < 1.29 is 4.74 Å². The molecule has 0 aliphatic heterocycles.